The first-order chi connectivity index (χ1) is 13.0. The van der Waals surface area contributed by atoms with Crippen LogP contribution in [0.1, 0.15) is 25.3 Å². The molecule has 1 N–H and O–H groups in total. The third-order valence-corrected chi connectivity index (χ3v) is 5.37. The summed E-state index contributed by atoms with van der Waals surface area (Å²) in [4.78, 5) is 19.1. The summed E-state index contributed by atoms with van der Waals surface area (Å²) in [5, 5.41) is 19.4. The Bertz CT molecular complexity index is 907. The van der Waals surface area contributed by atoms with E-state index in [1.165, 1.54) is 18.3 Å². The molecule has 1 saturated heterocycles. The molecular weight excluding hydrogens is 371 g/mol. The lowest BCUT2D eigenvalue weighted by Crippen LogP contribution is -2.46. The SMILES string of the molecule is CCN(CC(=O)O)C1CCN(c2c(C#N)cnc3c(F)ccc(Cl)c23)CC1. The number of nitrogens with zero attached hydrogens (tertiary/aromatic N) is 4. The Morgan fingerprint density at radius 3 is 2.78 bits per heavy atom. The maximum absolute atomic E-state index is 14.2. The molecule has 0 aliphatic carbocycles. The van der Waals surface area contributed by atoms with Gasteiger partial charge in [0.15, 0.2) is 0 Å². The van der Waals surface area contributed by atoms with Gasteiger partial charge >= 0.3 is 5.97 Å². The van der Waals surface area contributed by atoms with Crippen molar-refractivity contribution in [1.29, 1.82) is 5.26 Å². The first kappa shape index (κ1) is 19.3. The van der Waals surface area contributed by atoms with E-state index in [1.807, 2.05) is 16.7 Å². The number of likely N-dealkylation sites (N-methyl/N-ethyl adjacent to an activating group) is 1. The highest BCUT2D eigenvalue weighted by atomic mass is 35.5. The molecule has 0 unspecified atom stereocenters. The predicted octanol–water partition coefficient (Wildman–Crippen LogP) is 3.27. The molecule has 0 atom stereocenters. The van der Waals surface area contributed by atoms with Crippen LogP contribution in [0, 0.1) is 17.1 Å². The van der Waals surface area contributed by atoms with Crippen LogP contribution in [-0.4, -0.2) is 53.2 Å². The smallest absolute Gasteiger partial charge is 0.317 e. The van der Waals surface area contributed by atoms with Gasteiger partial charge in [-0.15, -0.1) is 0 Å². The number of nitriles is 1. The van der Waals surface area contributed by atoms with Crippen LogP contribution in [0.15, 0.2) is 18.3 Å². The number of carboxylic acids is 1. The number of hydrogen-bond donors (Lipinski definition) is 1. The van der Waals surface area contributed by atoms with Crippen molar-refractivity contribution in [3.63, 3.8) is 0 Å². The summed E-state index contributed by atoms with van der Waals surface area (Å²) in [7, 11) is 0. The number of hydrogen-bond acceptors (Lipinski definition) is 5. The lowest BCUT2D eigenvalue weighted by atomic mass is 10.00. The summed E-state index contributed by atoms with van der Waals surface area (Å²) < 4.78 is 14.2. The van der Waals surface area contributed by atoms with Gasteiger partial charge in [0.25, 0.3) is 0 Å². The number of aliphatic carboxylic acids is 1. The van der Waals surface area contributed by atoms with Gasteiger partial charge in [0, 0.05) is 30.7 Å². The minimum atomic E-state index is -0.839. The maximum atomic E-state index is 14.2. The molecule has 1 aromatic carbocycles. The lowest BCUT2D eigenvalue weighted by molar-refractivity contribution is -0.139. The molecule has 27 heavy (non-hydrogen) atoms. The monoisotopic (exact) mass is 390 g/mol. The molecule has 0 saturated carbocycles. The van der Waals surface area contributed by atoms with Crippen LogP contribution >= 0.6 is 11.6 Å². The van der Waals surface area contributed by atoms with Crippen molar-refractivity contribution < 1.29 is 14.3 Å². The number of halogens is 2. The fourth-order valence-corrected chi connectivity index (χ4v) is 4.00. The maximum Gasteiger partial charge on any atom is 0.317 e. The zero-order chi connectivity index (χ0) is 19.6. The van der Waals surface area contributed by atoms with Crippen molar-refractivity contribution in [1.82, 2.24) is 9.88 Å². The van der Waals surface area contributed by atoms with Gasteiger partial charge in [0.2, 0.25) is 0 Å². The van der Waals surface area contributed by atoms with Crippen molar-refractivity contribution in [2.75, 3.05) is 31.1 Å². The second-order valence-electron chi connectivity index (χ2n) is 6.56. The van der Waals surface area contributed by atoms with E-state index in [0.717, 1.165) is 12.8 Å². The summed E-state index contributed by atoms with van der Waals surface area (Å²) in [5.74, 6) is -1.32. The Morgan fingerprint density at radius 2 is 2.19 bits per heavy atom. The van der Waals surface area contributed by atoms with Crippen molar-refractivity contribution in [3.8, 4) is 6.07 Å². The normalized spacial score (nSPS) is 15.3. The van der Waals surface area contributed by atoms with Gasteiger partial charge in [-0.3, -0.25) is 14.7 Å². The third kappa shape index (κ3) is 3.82. The van der Waals surface area contributed by atoms with E-state index in [9.17, 15) is 14.4 Å². The standard InChI is InChI=1S/C19H20ClFN4O2/c1-2-24(11-16(26)27)13-5-7-25(8-6-13)19-12(9-22)10-23-18-15(21)4-3-14(20)17(18)19/h3-4,10,13H,2,5-8,11H2,1H3,(H,26,27). The van der Waals surface area contributed by atoms with Crippen molar-refractivity contribution in [3.05, 3.63) is 34.7 Å². The first-order valence-electron chi connectivity index (χ1n) is 8.83. The van der Waals surface area contributed by atoms with E-state index in [4.69, 9.17) is 16.7 Å². The van der Waals surface area contributed by atoms with Gasteiger partial charge < -0.3 is 10.0 Å². The van der Waals surface area contributed by atoms with Crippen molar-refractivity contribution in [2.45, 2.75) is 25.8 Å². The number of carbonyl (C=O) groups is 1. The zero-order valence-electron chi connectivity index (χ0n) is 15.0. The average Bonchev–Trinajstić information content (AvgIpc) is 2.68. The number of fused-ring (bicyclic) bond motifs is 1. The second-order valence-corrected chi connectivity index (χ2v) is 6.97. The molecule has 1 aromatic heterocycles. The minimum Gasteiger partial charge on any atom is -0.480 e. The molecule has 8 heteroatoms. The summed E-state index contributed by atoms with van der Waals surface area (Å²) in [6.45, 7) is 3.88. The van der Waals surface area contributed by atoms with Crippen LogP contribution in [0.2, 0.25) is 5.02 Å². The Labute approximate surface area is 161 Å². The van der Waals surface area contributed by atoms with Crippen LogP contribution < -0.4 is 4.90 Å². The van der Waals surface area contributed by atoms with Gasteiger partial charge in [-0.05, 0) is 31.5 Å². The highest BCUT2D eigenvalue weighted by molar-refractivity contribution is 6.36. The summed E-state index contributed by atoms with van der Waals surface area (Å²) in [5.41, 5.74) is 1.11. The Morgan fingerprint density at radius 1 is 1.48 bits per heavy atom. The Kier molecular flexibility index (Phi) is 5.78. The molecule has 0 radical (unpaired) electrons. The molecule has 3 rings (SSSR count). The molecule has 1 aliphatic heterocycles. The van der Waals surface area contributed by atoms with Gasteiger partial charge in [-0.25, -0.2) is 4.39 Å². The van der Waals surface area contributed by atoms with Crippen LogP contribution in [0.5, 0.6) is 0 Å². The van der Waals surface area contributed by atoms with E-state index >= 15 is 0 Å². The average molecular weight is 391 g/mol. The van der Waals surface area contributed by atoms with Crippen molar-refractivity contribution in [2.24, 2.45) is 0 Å². The first-order valence-corrected chi connectivity index (χ1v) is 9.21. The Hall–Kier alpha value is -2.43. The molecule has 0 amide bonds. The number of piperidine rings is 1. The Balaban J connectivity index is 1.92. The number of pyridine rings is 1. The highest BCUT2D eigenvalue weighted by Gasteiger charge is 2.28. The van der Waals surface area contributed by atoms with Crippen LogP contribution in [-0.2, 0) is 4.79 Å². The van der Waals surface area contributed by atoms with E-state index in [1.54, 1.807) is 0 Å². The predicted molar refractivity (Wildman–Crippen MR) is 102 cm³/mol. The molecule has 142 valence electrons. The summed E-state index contributed by atoms with van der Waals surface area (Å²) >= 11 is 6.32. The molecule has 2 heterocycles. The summed E-state index contributed by atoms with van der Waals surface area (Å²) in [6.07, 6.45) is 2.89. The van der Waals surface area contributed by atoms with Crippen LogP contribution in [0.3, 0.4) is 0 Å². The summed E-state index contributed by atoms with van der Waals surface area (Å²) in [6, 6.07) is 5.03. The van der Waals surface area contributed by atoms with Crippen molar-refractivity contribution >= 4 is 34.2 Å². The molecule has 1 aliphatic rings. The third-order valence-electron chi connectivity index (χ3n) is 5.05. The zero-order valence-corrected chi connectivity index (χ0v) is 15.7. The van der Waals surface area contributed by atoms with E-state index in [0.29, 0.717) is 41.3 Å². The number of aromatic nitrogens is 1. The van der Waals surface area contributed by atoms with Gasteiger partial charge in [0.1, 0.15) is 17.4 Å². The molecule has 0 spiro atoms. The molecule has 0 bridgehead atoms. The van der Waals surface area contributed by atoms with Gasteiger partial charge in [0.05, 0.1) is 22.8 Å². The van der Waals surface area contributed by atoms with E-state index in [-0.39, 0.29) is 18.1 Å². The van der Waals surface area contributed by atoms with E-state index < -0.39 is 11.8 Å². The number of benzene rings is 1. The molecular formula is C19H20ClFN4O2. The minimum absolute atomic E-state index is 0.0137. The quantitative estimate of drug-likeness (QED) is 0.843. The number of anilines is 1. The fourth-order valence-electron chi connectivity index (χ4n) is 3.76. The highest BCUT2D eigenvalue weighted by Crippen LogP contribution is 2.37. The fraction of sp³-hybridized carbons (Fsp3) is 0.421. The number of rotatable bonds is 5. The molecule has 1 fully saturated rings. The molecule has 6 nitrogen and oxygen atoms in total. The van der Waals surface area contributed by atoms with E-state index in [2.05, 4.69) is 11.1 Å². The largest absolute Gasteiger partial charge is 0.480 e. The van der Waals surface area contributed by atoms with Crippen LogP contribution in [0.4, 0.5) is 10.1 Å². The van der Waals surface area contributed by atoms with Gasteiger partial charge in [-0.2, -0.15) is 5.26 Å². The van der Waals surface area contributed by atoms with Crippen LogP contribution in [0.25, 0.3) is 10.9 Å². The second kappa shape index (κ2) is 8.07. The lowest BCUT2D eigenvalue weighted by Gasteiger charge is -2.39. The number of carboxylic acid groups (broad SMARTS) is 1. The molecule has 2 aromatic rings. The topological polar surface area (TPSA) is 80.5 Å². The van der Waals surface area contributed by atoms with Gasteiger partial charge in [-0.1, -0.05) is 18.5 Å².